The molecule has 0 saturated carbocycles. The third-order valence-electron chi connectivity index (χ3n) is 4.08. The van der Waals surface area contributed by atoms with E-state index < -0.39 is 0 Å². The van der Waals surface area contributed by atoms with Crippen molar-refractivity contribution < 1.29 is 4.79 Å². The van der Waals surface area contributed by atoms with E-state index in [0.29, 0.717) is 33.7 Å². The molecule has 148 valence electrons. The van der Waals surface area contributed by atoms with E-state index in [9.17, 15) is 10.1 Å². The number of aromatic amines is 1. The van der Waals surface area contributed by atoms with Crippen LogP contribution in [0.15, 0.2) is 36.8 Å². The van der Waals surface area contributed by atoms with Crippen molar-refractivity contribution >= 4 is 22.6 Å². The smallest absolute Gasteiger partial charge is 0.255 e. The van der Waals surface area contributed by atoms with E-state index in [0.717, 1.165) is 5.56 Å². The summed E-state index contributed by atoms with van der Waals surface area (Å²) in [4.78, 5) is 28.8. The molecule has 0 bridgehead atoms. The number of nitriles is 1. The molecule has 7 heteroatoms. The SMILES string of the molecule is CC(C)NC(=O)c1c[nH]c2ncc(-c3ccc(C(C#N)=CC(C)(C)C)nc3)nc12. The van der Waals surface area contributed by atoms with E-state index >= 15 is 0 Å². The van der Waals surface area contributed by atoms with Gasteiger partial charge in [0.25, 0.3) is 5.91 Å². The first-order valence-electron chi connectivity index (χ1n) is 9.42. The number of amides is 1. The van der Waals surface area contributed by atoms with Crippen LogP contribution >= 0.6 is 0 Å². The molecule has 3 heterocycles. The standard InChI is InChI=1S/C22H24N6O/c1-13(2)27-21(29)16-11-25-20-19(16)28-18(12-26-20)14-6-7-17(24-10-14)15(9-23)8-22(3,4)5/h6-8,10-13H,1-5H3,(H,25,26)(H,27,29). The first-order chi connectivity index (χ1) is 13.7. The summed E-state index contributed by atoms with van der Waals surface area (Å²) >= 11 is 0. The van der Waals surface area contributed by atoms with Crippen LogP contribution in [0.2, 0.25) is 0 Å². The van der Waals surface area contributed by atoms with E-state index in [4.69, 9.17) is 0 Å². The Labute approximate surface area is 169 Å². The third kappa shape index (κ3) is 4.66. The van der Waals surface area contributed by atoms with Crippen LogP contribution < -0.4 is 5.32 Å². The van der Waals surface area contributed by atoms with E-state index in [2.05, 4.69) is 31.3 Å². The topological polar surface area (TPSA) is 107 Å². The lowest BCUT2D eigenvalue weighted by Crippen LogP contribution is -2.29. The zero-order valence-electron chi connectivity index (χ0n) is 17.2. The van der Waals surface area contributed by atoms with Gasteiger partial charge < -0.3 is 10.3 Å². The first-order valence-corrected chi connectivity index (χ1v) is 9.42. The fraction of sp³-hybridized carbons (Fsp3) is 0.318. The van der Waals surface area contributed by atoms with Gasteiger partial charge in [0.05, 0.1) is 28.7 Å². The summed E-state index contributed by atoms with van der Waals surface area (Å²) in [6.45, 7) is 9.91. The minimum absolute atomic E-state index is 0.0239. The molecule has 2 N–H and O–H groups in total. The fourth-order valence-electron chi connectivity index (χ4n) is 2.84. The second-order valence-electron chi connectivity index (χ2n) is 8.25. The molecule has 7 nitrogen and oxygen atoms in total. The molecule has 0 radical (unpaired) electrons. The predicted octanol–water partition coefficient (Wildman–Crippen LogP) is 4.11. The van der Waals surface area contributed by atoms with Crippen molar-refractivity contribution in [2.75, 3.05) is 0 Å². The van der Waals surface area contributed by atoms with E-state index in [1.165, 1.54) is 0 Å². The molecule has 3 aromatic rings. The van der Waals surface area contributed by atoms with Gasteiger partial charge in [-0.1, -0.05) is 26.8 Å². The van der Waals surface area contributed by atoms with Crippen molar-refractivity contribution in [1.29, 1.82) is 5.26 Å². The molecule has 3 aromatic heterocycles. The Morgan fingerprint density at radius 3 is 2.59 bits per heavy atom. The molecule has 0 aliphatic rings. The number of aromatic nitrogens is 4. The monoisotopic (exact) mass is 388 g/mol. The normalized spacial score (nSPS) is 12.2. The number of carbonyl (C=O) groups is 1. The van der Waals surface area contributed by atoms with Crippen LogP contribution in [0.1, 0.15) is 50.7 Å². The molecule has 29 heavy (non-hydrogen) atoms. The van der Waals surface area contributed by atoms with Crippen molar-refractivity contribution in [3.05, 3.63) is 48.1 Å². The maximum atomic E-state index is 12.4. The number of carbonyl (C=O) groups excluding carboxylic acids is 1. The van der Waals surface area contributed by atoms with Crippen LogP contribution in [0, 0.1) is 16.7 Å². The Kier molecular flexibility index (Phi) is 5.46. The van der Waals surface area contributed by atoms with Gasteiger partial charge in [0.15, 0.2) is 5.65 Å². The second-order valence-corrected chi connectivity index (χ2v) is 8.25. The minimum Gasteiger partial charge on any atom is -0.350 e. The molecule has 3 rings (SSSR count). The van der Waals surface area contributed by atoms with Crippen LogP contribution in [-0.4, -0.2) is 31.9 Å². The number of nitrogens with zero attached hydrogens (tertiary/aromatic N) is 4. The van der Waals surface area contributed by atoms with Gasteiger partial charge in [0.2, 0.25) is 0 Å². The summed E-state index contributed by atoms with van der Waals surface area (Å²) in [6, 6.07) is 5.89. The zero-order chi connectivity index (χ0) is 21.2. The van der Waals surface area contributed by atoms with Crippen LogP contribution in [0.25, 0.3) is 28.0 Å². The lowest BCUT2D eigenvalue weighted by molar-refractivity contribution is 0.0944. The molecule has 0 atom stereocenters. The Morgan fingerprint density at radius 1 is 1.24 bits per heavy atom. The molecule has 0 saturated heterocycles. The van der Waals surface area contributed by atoms with Crippen molar-refractivity contribution in [2.45, 2.75) is 40.7 Å². The summed E-state index contributed by atoms with van der Waals surface area (Å²) in [5, 5.41) is 12.3. The predicted molar refractivity (Wildman–Crippen MR) is 113 cm³/mol. The highest BCUT2D eigenvalue weighted by Crippen LogP contribution is 2.25. The number of allylic oxidation sites excluding steroid dienone is 2. The summed E-state index contributed by atoms with van der Waals surface area (Å²) in [5.74, 6) is -0.197. The Balaban J connectivity index is 1.96. The molecular weight excluding hydrogens is 364 g/mol. The molecule has 0 spiro atoms. The van der Waals surface area contributed by atoms with Crippen LogP contribution in [0.5, 0.6) is 0 Å². The molecular formula is C22H24N6O. The Bertz CT molecular complexity index is 1110. The molecule has 0 unspecified atom stereocenters. The molecule has 1 amide bonds. The van der Waals surface area contributed by atoms with Crippen molar-refractivity contribution in [2.24, 2.45) is 5.41 Å². The summed E-state index contributed by atoms with van der Waals surface area (Å²) < 4.78 is 0. The average molecular weight is 388 g/mol. The number of nitrogens with one attached hydrogen (secondary N) is 2. The number of fused-ring (bicyclic) bond motifs is 1. The van der Waals surface area contributed by atoms with Gasteiger partial charge in [-0.25, -0.2) is 9.97 Å². The van der Waals surface area contributed by atoms with Gasteiger partial charge in [-0.3, -0.25) is 9.78 Å². The highest BCUT2D eigenvalue weighted by atomic mass is 16.1. The van der Waals surface area contributed by atoms with Crippen LogP contribution in [0.4, 0.5) is 0 Å². The van der Waals surface area contributed by atoms with Gasteiger partial charge >= 0.3 is 0 Å². The molecule has 0 aromatic carbocycles. The number of hydrogen-bond donors (Lipinski definition) is 2. The lowest BCUT2D eigenvalue weighted by Gasteiger charge is -2.12. The lowest BCUT2D eigenvalue weighted by atomic mass is 9.92. The average Bonchev–Trinajstić information content (AvgIpc) is 3.08. The molecule has 0 aliphatic carbocycles. The number of pyridine rings is 1. The Morgan fingerprint density at radius 2 is 2.00 bits per heavy atom. The first kappa shape index (κ1) is 20.2. The van der Waals surface area contributed by atoms with E-state index in [1.807, 2.05) is 46.8 Å². The van der Waals surface area contributed by atoms with Gasteiger partial charge in [0, 0.05) is 24.0 Å². The minimum atomic E-state index is -0.197. The molecule has 0 fully saturated rings. The highest BCUT2D eigenvalue weighted by Gasteiger charge is 2.16. The second kappa shape index (κ2) is 7.84. The van der Waals surface area contributed by atoms with Crippen LogP contribution in [0.3, 0.4) is 0 Å². The largest absolute Gasteiger partial charge is 0.350 e. The summed E-state index contributed by atoms with van der Waals surface area (Å²) in [5.41, 5.74) is 3.89. The molecule has 0 aliphatic heterocycles. The summed E-state index contributed by atoms with van der Waals surface area (Å²) in [7, 11) is 0. The zero-order valence-corrected chi connectivity index (χ0v) is 17.2. The van der Waals surface area contributed by atoms with Crippen molar-refractivity contribution in [3.63, 3.8) is 0 Å². The summed E-state index contributed by atoms with van der Waals surface area (Å²) in [6.07, 6.45) is 6.82. The number of hydrogen-bond acceptors (Lipinski definition) is 5. The maximum Gasteiger partial charge on any atom is 0.255 e. The van der Waals surface area contributed by atoms with Gasteiger partial charge in [-0.2, -0.15) is 5.26 Å². The van der Waals surface area contributed by atoms with Crippen molar-refractivity contribution in [1.82, 2.24) is 25.3 Å². The van der Waals surface area contributed by atoms with E-state index in [1.54, 1.807) is 24.7 Å². The van der Waals surface area contributed by atoms with Gasteiger partial charge in [-0.05, 0) is 31.4 Å². The Hall–Kier alpha value is -3.53. The van der Waals surface area contributed by atoms with Crippen molar-refractivity contribution in [3.8, 4) is 17.3 Å². The number of H-pyrrole nitrogens is 1. The van der Waals surface area contributed by atoms with E-state index in [-0.39, 0.29) is 17.4 Å². The van der Waals surface area contributed by atoms with Gasteiger partial charge in [-0.15, -0.1) is 0 Å². The fourth-order valence-corrected chi connectivity index (χ4v) is 2.84. The van der Waals surface area contributed by atoms with Crippen LogP contribution in [-0.2, 0) is 0 Å². The third-order valence-corrected chi connectivity index (χ3v) is 4.08. The maximum absolute atomic E-state index is 12.4. The highest BCUT2D eigenvalue weighted by molar-refractivity contribution is 6.04. The quantitative estimate of drug-likeness (QED) is 0.654. The number of rotatable bonds is 4. The van der Waals surface area contributed by atoms with Gasteiger partial charge in [0.1, 0.15) is 11.6 Å².